The van der Waals surface area contributed by atoms with E-state index in [2.05, 4.69) is 61.3 Å². The Bertz CT molecular complexity index is 1230. The van der Waals surface area contributed by atoms with Crippen molar-refractivity contribution in [2.45, 2.75) is 52.1 Å². The van der Waals surface area contributed by atoms with Crippen LogP contribution in [0.3, 0.4) is 0 Å². The second-order valence-corrected chi connectivity index (χ2v) is 12.3. The summed E-state index contributed by atoms with van der Waals surface area (Å²) in [7, 11) is 0. The molecule has 0 saturated carbocycles. The fourth-order valence-electron chi connectivity index (χ4n) is 5.90. The molecule has 0 aliphatic carbocycles. The molecule has 2 aromatic carbocycles. The van der Waals surface area contributed by atoms with Crippen molar-refractivity contribution >= 4 is 23.2 Å². The highest BCUT2D eigenvalue weighted by Gasteiger charge is 2.44. The van der Waals surface area contributed by atoms with E-state index < -0.39 is 5.92 Å². The zero-order chi connectivity index (χ0) is 26.6. The van der Waals surface area contributed by atoms with E-state index in [-0.39, 0.29) is 17.9 Å². The van der Waals surface area contributed by atoms with Crippen molar-refractivity contribution in [1.82, 2.24) is 15.1 Å². The van der Waals surface area contributed by atoms with Crippen LogP contribution < -0.4 is 5.32 Å². The lowest BCUT2D eigenvalue weighted by molar-refractivity contribution is -0.124. The molecule has 3 aromatic rings. The van der Waals surface area contributed by atoms with Gasteiger partial charge >= 0.3 is 0 Å². The Balaban J connectivity index is 1.28. The number of rotatable bonds is 8. The van der Waals surface area contributed by atoms with Gasteiger partial charge in [0.2, 0.25) is 5.91 Å². The van der Waals surface area contributed by atoms with Crippen LogP contribution in [0.1, 0.15) is 70.6 Å². The van der Waals surface area contributed by atoms with E-state index >= 15 is 0 Å². The number of hydrogen-bond acceptors (Lipinski definition) is 4. The topological polar surface area (TPSA) is 52.7 Å². The molecule has 1 saturated heterocycles. The summed E-state index contributed by atoms with van der Waals surface area (Å²) in [5.41, 5.74) is 4.16. The molecule has 3 heterocycles. The third kappa shape index (κ3) is 5.87. The molecule has 2 atom stereocenters. The number of aryl methyl sites for hydroxylation is 1. The Morgan fingerprint density at radius 2 is 1.76 bits per heavy atom. The summed E-state index contributed by atoms with van der Waals surface area (Å²) in [4.78, 5) is 33.1. The van der Waals surface area contributed by atoms with Gasteiger partial charge in [0.25, 0.3) is 5.91 Å². The molecule has 2 unspecified atom stereocenters. The van der Waals surface area contributed by atoms with Gasteiger partial charge in [0.05, 0.1) is 12.0 Å². The van der Waals surface area contributed by atoms with Crippen LogP contribution in [0.25, 0.3) is 0 Å². The second-order valence-electron chi connectivity index (χ2n) is 11.3. The van der Waals surface area contributed by atoms with Gasteiger partial charge in [-0.2, -0.15) is 0 Å². The average Bonchev–Trinajstić information content (AvgIpc) is 3.45. The predicted molar refractivity (Wildman–Crippen MR) is 154 cm³/mol. The van der Waals surface area contributed by atoms with Crippen molar-refractivity contribution in [2.24, 2.45) is 11.8 Å². The SMILES string of the molecule is Cc1ccc(CN2CCC(CNC(=O)C3c4ccccc4C(=O)N(CC(C)C)C3c3cccs3)CC2)cc1. The zero-order valence-corrected chi connectivity index (χ0v) is 23.5. The largest absolute Gasteiger partial charge is 0.355 e. The summed E-state index contributed by atoms with van der Waals surface area (Å²) < 4.78 is 0. The smallest absolute Gasteiger partial charge is 0.254 e. The highest BCUT2D eigenvalue weighted by atomic mass is 32.1. The Morgan fingerprint density at radius 1 is 1.03 bits per heavy atom. The van der Waals surface area contributed by atoms with E-state index in [0.29, 0.717) is 30.5 Å². The number of likely N-dealkylation sites (tertiary alicyclic amines) is 1. The average molecular weight is 530 g/mol. The lowest BCUT2D eigenvalue weighted by atomic mass is 9.81. The van der Waals surface area contributed by atoms with Gasteiger partial charge < -0.3 is 10.2 Å². The summed E-state index contributed by atoms with van der Waals surface area (Å²) in [5.74, 6) is 0.418. The molecule has 0 bridgehead atoms. The number of carbonyl (C=O) groups is 2. The highest BCUT2D eigenvalue weighted by Crippen LogP contribution is 2.44. The van der Waals surface area contributed by atoms with Gasteiger partial charge in [-0.1, -0.05) is 67.9 Å². The van der Waals surface area contributed by atoms with Gasteiger partial charge in [0.15, 0.2) is 0 Å². The van der Waals surface area contributed by atoms with E-state index in [1.165, 1.54) is 11.1 Å². The first-order valence-electron chi connectivity index (χ1n) is 13.9. The number of nitrogens with zero attached hydrogens (tertiary/aromatic N) is 2. The van der Waals surface area contributed by atoms with Crippen molar-refractivity contribution in [3.05, 3.63) is 93.2 Å². The van der Waals surface area contributed by atoms with Crippen LogP contribution in [-0.2, 0) is 11.3 Å². The molecule has 1 aromatic heterocycles. The normalized spacial score (nSPS) is 20.5. The lowest BCUT2D eigenvalue weighted by Gasteiger charge is -2.42. The van der Waals surface area contributed by atoms with Crippen molar-refractivity contribution in [3.63, 3.8) is 0 Å². The number of amides is 2. The minimum atomic E-state index is -0.414. The maximum Gasteiger partial charge on any atom is 0.254 e. The molecular formula is C32H39N3O2S. The third-order valence-electron chi connectivity index (χ3n) is 7.92. The summed E-state index contributed by atoms with van der Waals surface area (Å²) in [6, 6.07) is 20.3. The number of carbonyl (C=O) groups excluding carboxylic acids is 2. The fourth-order valence-corrected chi connectivity index (χ4v) is 6.78. The van der Waals surface area contributed by atoms with Crippen molar-refractivity contribution < 1.29 is 9.59 Å². The van der Waals surface area contributed by atoms with E-state index in [9.17, 15) is 9.59 Å². The lowest BCUT2D eigenvalue weighted by Crippen LogP contribution is -2.49. The van der Waals surface area contributed by atoms with Crippen molar-refractivity contribution in [3.8, 4) is 0 Å². The van der Waals surface area contributed by atoms with Gasteiger partial charge in [-0.05, 0) is 73.3 Å². The molecule has 200 valence electrons. The standard InChI is InChI=1S/C32H39N3O2S/c1-22(2)20-35-30(28-9-6-18-38-28)29(26-7-4-5-8-27(26)32(35)37)31(36)33-19-24-14-16-34(17-15-24)21-25-12-10-23(3)11-13-25/h4-13,18,22,24,29-30H,14-17,19-21H2,1-3H3,(H,33,36). The van der Waals surface area contributed by atoms with Crippen LogP contribution in [0.15, 0.2) is 66.0 Å². The highest BCUT2D eigenvalue weighted by molar-refractivity contribution is 7.10. The number of hydrogen-bond donors (Lipinski definition) is 1. The molecule has 2 aliphatic heterocycles. The summed E-state index contributed by atoms with van der Waals surface area (Å²) >= 11 is 1.63. The van der Waals surface area contributed by atoms with Crippen molar-refractivity contribution in [2.75, 3.05) is 26.2 Å². The Morgan fingerprint density at radius 3 is 2.45 bits per heavy atom. The Kier molecular flexibility index (Phi) is 8.29. The first-order valence-corrected chi connectivity index (χ1v) is 14.8. The van der Waals surface area contributed by atoms with Crippen LogP contribution >= 0.6 is 11.3 Å². The molecule has 0 radical (unpaired) electrons. The molecule has 0 spiro atoms. The van der Waals surface area contributed by atoms with Crippen LogP contribution in [0.5, 0.6) is 0 Å². The van der Waals surface area contributed by atoms with Gasteiger partial charge in [-0.15, -0.1) is 11.3 Å². The summed E-state index contributed by atoms with van der Waals surface area (Å²) in [6.45, 7) is 10.8. The number of thiophene rings is 1. The van der Waals surface area contributed by atoms with Gasteiger partial charge in [0, 0.05) is 30.1 Å². The number of piperidine rings is 1. The molecule has 1 N–H and O–H groups in total. The van der Waals surface area contributed by atoms with Crippen LogP contribution in [0.2, 0.25) is 0 Å². The first-order chi connectivity index (χ1) is 18.4. The molecule has 5 nitrogen and oxygen atoms in total. The molecular weight excluding hydrogens is 490 g/mol. The quantitative estimate of drug-likeness (QED) is 0.388. The molecule has 5 rings (SSSR count). The van der Waals surface area contributed by atoms with E-state index in [1.54, 1.807) is 11.3 Å². The monoisotopic (exact) mass is 529 g/mol. The molecule has 1 fully saturated rings. The predicted octanol–water partition coefficient (Wildman–Crippen LogP) is 6.02. The molecule has 38 heavy (non-hydrogen) atoms. The summed E-state index contributed by atoms with van der Waals surface area (Å²) in [6.07, 6.45) is 2.17. The number of benzene rings is 2. The minimum Gasteiger partial charge on any atom is -0.355 e. The fraction of sp³-hybridized carbons (Fsp3) is 0.438. The minimum absolute atomic E-state index is 0.0256. The first kappa shape index (κ1) is 26.6. The third-order valence-corrected chi connectivity index (χ3v) is 8.86. The molecule has 6 heteroatoms. The van der Waals surface area contributed by atoms with Crippen LogP contribution in [0.4, 0.5) is 0 Å². The maximum atomic E-state index is 13.9. The van der Waals surface area contributed by atoms with Gasteiger partial charge in [-0.25, -0.2) is 0 Å². The Labute approximate surface area is 230 Å². The van der Waals surface area contributed by atoms with E-state index in [1.807, 2.05) is 40.6 Å². The number of nitrogens with one attached hydrogen (secondary N) is 1. The number of fused-ring (bicyclic) bond motifs is 1. The van der Waals surface area contributed by atoms with Crippen LogP contribution in [0, 0.1) is 18.8 Å². The summed E-state index contributed by atoms with van der Waals surface area (Å²) in [5, 5.41) is 5.36. The molecule has 2 aliphatic rings. The van der Waals surface area contributed by atoms with Gasteiger partial charge in [0.1, 0.15) is 0 Å². The molecule has 2 amide bonds. The van der Waals surface area contributed by atoms with Gasteiger partial charge in [-0.3, -0.25) is 14.5 Å². The van der Waals surface area contributed by atoms with E-state index in [0.717, 1.165) is 42.9 Å². The maximum absolute atomic E-state index is 13.9. The second kappa shape index (κ2) is 11.8. The zero-order valence-electron chi connectivity index (χ0n) is 22.7. The Hall–Kier alpha value is -2.96. The van der Waals surface area contributed by atoms with E-state index in [4.69, 9.17) is 0 Å². The van der Waals surface area contributed by atoms with Crippen LogP contribution in [-0.4, -0.2) is 47.8 Å². The van der Waals surface area contributed by atoms with Crippen molar-refractivity contribution in [1.29, 1.82) is 0 Å².